The van der Waals surface area contributed by atoms with Crippen LogP contribution in [0.25, 0.3) is 0 Å². The average molecular weight is 1040 g/mol. The Hall–Kier alpha value is -1.40. The molecule has 2 unspecified atom stereocenters. The van der Waals surface area contributed by atoms with Gasteiger partial charge in [0.05, 0.1) is 25.4 Å². The van der Waals surface area contributed by atoms with E-state index in [1.165, 1.54) is 315 Å². The first-order valence-corrected chi connectivity index (χ1v) is 33.9. The molecule has 74 heavy (non-hydrogen) atoms. The third kappa shape index (κ3) is 59.8. The fourth-order valence-electron chi connectivity index (χ4n) is 10.9. The lowest BCUT2D eigenvalue weighted by atomic mass is 10.0. The monoisotopic (exact) mass is 1040 g/mol. The summed E-state index contributed by atoms with van der Waals surface area (Å²) in [6, 6.07) is -0.542. The Bertz CT molecular complexity index is 1110. The number of allylic oxidation sites excluding steroid dienone is 2. The fourth-order valence-corrected chi connectivity index (χ4v) is 10.9. The summed E-state index contributed by atoms with van der Waals surface area (Å²) >= 11 is 0. The van der Waals surface area contributed by atoms with E-state index in [4.69, 9.17) is 4.74 Å². The molecule has 6 heteroatoms. The van der Waals surface area contributed by atoms with Gasteiger partial charge < -0.3 is 20.3 Å². The predicted molar refractivity (Wildman–Crippen MR) is 324 cm³/mol. The number of ether oxygens (including phenoxy) is 1. The minimum Gasteiger partial charge on any atom is -0.466 e. The maximum Gasteiger partial charge on any atom is 0.305 e. The van der Waals surface area contributed by atoms with Gasteiger partial charge in [-0.25, -0.2) is 0 Å². The minimum absolute atomic E-state index is 0.0166. The van der Waals surface area contributed by atoms with Crippen LogP contribution in [0, 0.1) is 0 Å². The van der Waals surface area contributed by atoms with Crippen molar-refractivity contribution in [1.82, 2.24) is 5.32 Å². The van der Waals surface area contributed by atoms with Crippen molar-refractivity contribution in [3.8, 4) is 0 Å². The van der Waals surface area contributed by atoms with E-state index < -0.39 is 12.1 Å². The first-order chi connectivity index (χ1) is 36.5. The minimum atomic E-state index is -0.664. The number of rotatable bonds is 64. The zero-order chi connectivity index (χ0) is 53.6. The lowest BCUT2D eigenvalue weighted by Gasteiger charge is -2.22. The molecule has 2 atom stereocenters. The lowest BCUT2D eigenvalue weighted by Crippen LogP contribution is -2.45. The van der Waals surface area contributed by atoms with Crippen LogP contribution in [0.5, 0.6) is 0 Å². The van der Waals surface area contributed by atoms with Gasteiger partial charge in [0.25, 0.3) is 0 Å². The van der Waals surface area contributed by atoms with Crippen LogP contribution in [0.15, 0.2) is 12.2 Å². The summed E-state index contributed by atoms with van der Waals surface area (Å²) in [6.45, 7) is 4.99. The van der Waals surface area contributed by atoms with Crippen LogP contribution in [0.4, 0.5) is 0 Å². The number of hydrogen-bond donors (Lipinski definition) is 3. The Balaban J connectivity index is 3.38. The zero-order valence-corrected chi connectivity index (χ0v) is 50.4. The zero-order valence-electron chi connectivity index (χ0n) is 50.4. The van der Waals surface area contributed by atoms with Crippen LogP contribution in [0.1, 0.15) is 386 Å². The number of hydrogen-bond acceptors (Lipinski definition) is 5. The second-order valence-corrected chi connectivity index (χ2v) is 23.5. The smallest absolute Gasteiger partial charge is 0.305 e. The molecule has 0 aromatic heterocycles. The summed E-state index contributed by atoms with van der Waals surface area (Å²) in [5, 5.41) is 23.4. The molecule has 0 aromatic carbocycles. The highest BCUT2D eigenvalue weighted by atomic mass is 16.5. The molecule has 0 bridgehead atoms. The molecule has 0 heterocycles. The van der Waals surface area contributed by atoms with Crippen molar-refractivity contribution in [3.05, 3.63) is 12.2 Å². The van der Waals surface area contributed by atoms with Crippen molar-refractivity contribution >= 4 is 11.9 Å². The predicted octanol–water partition coefficient (Wildman–Crippen LogP) is 21.6. The molecular weight excluding hydrogens is 911 g/mol. The number of carbonyl (C=O) groups excluding carboxylic acids is 2. The molecule has 0 rings (SSSR count). The third-order valence-electron chi connectivity index (χ3n) is 16.1. The van der Waals surface area contributed by atoms with Crippen molar-refractivity contribution in [1.29, 1.82) is 0 Å². The quantitative estimate of drug-likeness (QED) is 0.0320. The number of unbranched alkanes of at least 4 members (excludes halogenated alkanes) is 51. The van der Waals surface area contributed by atoms with Crippen LogP contribution < -0.4 is 5.32 Å². The number of carbonyl (C=O) groups is 2. The molecule has 0 fully saturated rings. The molecular formula is C68H133NO5. The lowest BCUT2D eigenvalue weighted by molar-refractivity contribution is -0.143. The number of nitrogens with one attached hydrogen (secondary N) is 1. The summed E-state index contributed by atoms with van der Waals surface area (Å²) in [4.78, 5) is 24.5. The largest absolute Gasteiger partial charge is 0.466 e. The van der Waals surface area contributed by atoms with Crippen molar-refractivity contribution < 1.29 is 24.5 Å². The molecule has 0 radical (unpaired) electrons. The highest BCUT2D eigenvalue weighted by Gasteiger charge is 2.20. The van der Waals surface area contributed by atoms with Crippen LogP contribution in [0.2, 0.25) is 0 Å². The molecule has 0 aromatic rings. The molecule has 3 N–H and O–H groups in total. The Kier molecular flexibility index (Phi) is 62.9. The van der Waals surface area contributed by atoms with Gasteiger partial charge >= 0.3 is 5.97 Å². The van der Waals surface area contributed by atoms with Crippen molar-refractivity contribution in [2.75, 3.05) is 13.2 Å². The van der Waals surface area contributed by atoms with E-state index in [-0.39, 0.29) is 18.5 Å². The van der Waals surface area contributed by atoms with E-state index in [2.05, 4.69) is 31.3 Å². The van der Waals surface area contributed by atoms with Crippen LogP contribution in [0.3, 0.4) is 0 Å². The van der Waals surface area contributed by atoms with Crippen LogP contribution >= 0.6 is 0 Å². The van der Waals surface area contributed by atoms with E-state index in [9.17, 15) is 19.8 Å². The van der Waals surface area contributed by atoms with Crippen molar-refractivity contribution in [3.63, 3.8) is 0 Å². The molecule has 440 valence electrons. The van der Waals surface area contributed by atoms with Crippen molar-refractivity contribution in [2.24, 2.45) is 0 Å². The topological polar surface area (TPSA) is 95.9 Å². The summed E-state index contributed by atoms with van der Waals surface area (Å²) in [7, 11) is 0. The first-order valence-electron chi connectivity index (χ1n) is 33.9. The molecule has 1 amide bonds. The summed E-state index contributed by atoms with van der Waals surface area (Å²) in [6.07, 6.45) is 78.2. The highest BCUT2D eigenvalue weighted by molar-refractivity contribution is 5.76. The van der Waals surface area contributed by atoms with Crippen LogP contribution in [-0.2, 0) is 14.3 Å². The number of aliphatic hydroxyl groups is 2. The second kappa shape index (κ2) is 64.1. The van der Waals surface area contributed by atoms with E-state index in [0.717, 1.165) is 38.5 Å². The standard InChI is InChI=1S/C68H133NO5/c1-3-5-7-9-11-13-15-17-18-19-31-34-37-40-44-48-52-56-60-66(71)65(64-70)69-67(72)61-57-53-49-45-41-38-35-32-29-27-25-23-21-20-22-24-26-28-30-33-36-39-43-47-51-55-59-63-74-68(73)62-58-54-50-46-42-16-14-12-10-8-6-4-2/h20-21,65-66,70-71H,3-19,22-64H2,1-2H3,(H,69,72)/b21-20-. The van der Waals surface area contributed by atoms with Gasteiger partial charge in [-0.05, 0) is 51.4 Å². The van der Waals surface area contributed by atoms with E-state index >= 15 is 0 Å². The van der Waals surface area contributed by atoms with Gasteiger partial charge in [0.15, 0.2) is 0 Å². The Morgan fingerprint density at radius 1 is 0.365 bits per heavy atom. The Labute approximate surface area is 463 Å². The number of esters is 1. The van der Waals surface area contributed by atoms with E-state index in [0.29, 0.717) is 25.9 Å². The average Bonchev–Trinajstić information content (AvgIpc) is 3.40. The van der Waals surface area contributed by atoms with Gasteiger partial charge in [-0.1, -0.05) is 334 Å². The Morgan fingerprint density at radius 2 is 0.635 bits per heavy atom. The molecule has 0 spiro atoms. The molecule has 0 aliphatic rings. The van der Waals surface area contributed by atoms with E-state index in [1.807, 2.05) is 0 Å². The number of amides is 1. The van der Waals surface area contributed by atoms with Gasteiger partial charge in [0.1, 0.15) is 0 Å². The molecule has 0 saturated heterocycles. The second-order valence-electron chi connectivity index (χ2n) is 23.5. The first kappa shape index (κ1) is 72.6. The van der Waals surface area contributed by atoms with Gasteiger partial charge in [-0.2, -0.15) is 0 Å². The van der Waals surface area contributed by atoms with Gasteiger partial charge in [-0.3, -0.25) is 9.59 Å². The molecule has 0 saturated carbocycles. The maximum absolute atomic E-state index is 12.5. The third-order valence-corrected chi connectivity index (χ3v) is 16.1. The fraction of sp³-hybridized carbons (Fsp3) is 0.941. The van der Waals surface area contributed by atoms with Crippen LogP contribution in [-0.4, -0.2) is 47.4 Å². The molecule has 0 aliphatic heterocycles. The SMILES string of the molecule is CCCCCCCCCCCCCCCCCCCCC(O)C(CO)NC(=O)CCCCCCCCCCCCC/C=C\CCCCCCCCCCCCCCOC(=O)CCCCCCCCCCCCCC. The van der Waals surface area contributed by atoms with Gasteiger partial charge in [0.2, 0.25) is 5.91 Å². The maximum atomic E-state index is 12.5. The summed E-state index contributed by atoms with van der Waals surface area (Å²) in [5.41, 5.74) is 0. The molecule has 6 nitrogen and oxygen atoms in total. The molecule has 0 aliphatic carbocycles. The van der Waals surface area contributed by atoms with Gasteiger partial charge in [-0.15, -0.1) is 0 Å². The van der Waals surface area contributed by atoms with Crippen molar-refractivity contribution in [2.45, 2.75) is 398 Å². The number of aliphatic hydroxyl groups excluding tert-OH is 2. The summed E-state index contributed by atoms with van der Waals surface area (Å²) < 4.78 is 5.48. The Morgan fingerprint density at radius 3 is 0.959 bits per heavy atom. The van der Waals surface area contributed by atoms with Gasteiger partial charge in [0, 0.05) is 12.8 Å². The normalized spacial score (nSPS) is 12.5. The highest BCUT2D eigenvalue weighted by Crippen LogP contribution is 2.19. The van der Waals surface area contributed by atoms with E-state index in [1.54, 1.807) is 0 Å². The summed E-state index contributed by atoms with van der Waals surface area (Å²) in [5.74, 6) is -0.0152.